The molecule has 0 aliphatic carbocycles. The van der Waals surface area contributed by atoms with Gasteiger partial charge in [0.05, 0.1) is 25.3 Å². The zero-order valence-corrected chi connectivity index (χ0v) is 19.1. The van der Waals surface area contributed by atoms with E-state index in [1.54, 1.807) is 59.5 Å². The summed E-state index contributed by atoms with van der Waals surface area (Å²) in [5.41, 5.74) is 6.51. The monoisotopic (exact) mass is 480 g/mol. The van der Waals surface area contributed by atoms with Gasteiger partial charge in [0.1, 0.15) is 5.75 Å². The molecule has 0 radical (unpaired) electrons. The van der Waals surface area contributed by atoms with E-state index in [1.807, 2.05) is 24.3 Å². The normalized spacial score (nSPS) is 10.3. The van der Waals surface area contributed by atoms with Crippen LogP contribution in [0, 0.1) is 0 Å². The second kappa shape index (κ2) is 12.3. The van der Waals surface area contributed by atoms with Crippen LogP contribution >= 0.6 is 11.6 Å². The van der Waals surface area contributed by atoms with E-state index in [0.29, 0.717) is 22.2 Å². The van der Waals surface area contributed by atoms with Gasteiger partial charge in [0.15, 0.2) is 5.75 Å². The van der Waals surface area contributed by atoms with Gasteiger partial charge in [-0.1, -0.05) is 54.1 Å². The number of nitrogens with one attached hydrogen (secondary N) is 2. The van der Waals surface area contributed by atoms with Gasteiger partial charge in [-0.05, 0) is 42.0 Å². The van der Waals surface area contributed by atoms with Crippen LogP contribution in [0.5, 0.6) is 11.5 Å². The summed E-state index contributed by atoms with van der Waals surface area (Å²) < 4.78 is 6.00. The van der Waals surface area contributed by atoms with Crippen LogP contribution in [0.25, 0.3) is 0 Å². The quantitative estimate of drug-likeness (QED) is 0.390. The molecule has 0 aliphatic rings. The van der Waals surface area contributed by atoms with Crippen molar-refractivity contribution < 1.29 is 19.1 Å². The van der Waals surface area contributed by atoms with Crippen LogP contribution in [0.3, 0.4) is 0 Å². The number of ether oxygens (including phenoxy) is 1. The minimum absolute atomic E-state index is 0.125. The molecule has 0 fully saturated rings. The number of nitrogens with zero attached hydrogens (tertiary/aromatic N) is 1. The van der Waals surface area contributed by atoms with Crippen molar-refractivity contribution in [2.24, 2.45) is 5.73 Å². The van der Waals surface area contributed by atoms with Crippen LogP contribution in [-0.4, -0.2) is 37.4 Å². The fraction of sp³-hybridized carbons (Fsp3) is 0.160. The van der Waals surface area contributed by atoms with E-state index >= 15 is 0 Å². The zero-order valence-electron chi connectivity index (χ0n) is 18.4. The second-order valence-electron chi connectivity index (χ2n) is 7.39. The Bertz CT molecular complexity index is 1140. The first-order valence-corrected chi connectivity index (χ1v) is 10.9. The molecule has 0 aliphatic heterocycles. The molecule has 0 atom stereocenters. The van der Waals surface area contributed by atoms with Crippen LogP contribution < -0.4 is 26.0 Å². The Morgan fingerprint density at radius 3 is 2.24 bits per heavy atom. The molecule has 0 saturated heterocycles. The molecule has 3 amide bonds. The lowest BCUT2D eigenvalue weighted by Gasteiger charge is -2.26. The number of halogens is 1. The average Bonchev–Trinajstić information content (AvgIpc) is 2.82. The maximum Gasteiger partial charge on any atom is 0.239 e. The van der Waals surface area contributed by atoms with Gasteiger partial charge in [-0.15, -0.1) is 0 Å². The highest BCUT2D eigenvalue weighted by Gasteiger charge is 2.19. The molecule has 3 rings (SSSR count). The van der Waals surface area contributed by atoms with Crippen molar-refractivity contribution in [3.63, 3.8) is 0 Å². The number of hydrogen-bond acceptors (Lipinski definition) is 5. The minimum Gasteiger partial charge on any atom is -0.455 e. The molecule has 0 bridgehead atoms. The fourth-order valence-electron chi connectivity index (χ4n) is 3.14. The molecule has 0 saturated carbocycles. The third-order valence-electron chi connectivity index (χ3n) is 4.68. The molecule has 34 heavy (non-hydrogen) atoms. The molecule has 3 aromatic rings. The molecule has 4 N–H and O–H groups in total. The van der Waals surface area contributed by atoms with E-state index in [-0.39, 0.29) is 32.1 Å². The molecule has 8 nitrogen and oxygen atoms in total. The molecular formula is C25H25ClN4O4. The number of anilines is 1. The van der Waals surface area contributed by atoms with Crippen molar-refractivity contribution in [2.75, 3.05) is 24.5 Å². The maximum absolute atomic E-state index is 12.8. The van der Waals surface area contributed by atoms with E-state index in [1.165, 1.54) is 0 Å². The lowest BCUT2D eigenvalue weighted by atomic mass is 10.2. The summed E-state index contributed by atoms with van der Waals surface area (Å²) in [5.74, 6) is -0.349. The number of nitrogens with two attached hydrogens (primary N) is 1. The first-order valence-electron chi connectivity index (χ1n) is 10.5. The van der Waals surface area contributed by atoms with E-state index in [4.69, 9.17) is 22.1 Å². The standard InChI is InChI=1S/C25H25ClN4O4/c26-19-8-6-7-18(13-19)14-28-24(32)16-30(17-25(33)29-15-23(27)31)21-11-4-5-12-22(21)34-20-9-2-1-3-10-20/h1-13H,14-17H2,(H2,27,31)(H,28,32)(H,29,33). The van der Waals surface area contributed by atoms with Crippen molar-refractivity contribution in [3.05, 3.63) is 89.4 Å². The number of primary amides is 1. The Labute approximate surface area is 202 Å². The first-order chi connectivity index (χ1) is 16.4. The van der Waals surface area contributed by atoms with Crippen molar-refractivity contribution >= 4 is 35.0 Å². The summed E-state index contributed by atoms with van der Waals surface area (Å²) in [6.07, 6.45) is 0. The van der Waals surface area contributed by atoms with Crippen molar-refractivity contribution in [3.8, 4) is 11.5 Å². The highest BCUT2D eigenvalue weighted by Crippen LogP contribution is 2.32. The van der Waals surface area contributed by atoms with Crippen molar-refractivity contribution in [1.29, 1.82) is 0 Å². The number of amides is 3. The number of carbonyl (C=O) groups excluding carboxylic acids is 3. The molecule has 9 heteroatoms. The van der Waals surface area contributed by atoms with Crippen molar-refractivity contribution in [1.82, 2.24) is 10.6 Å². The van der Waals surface area contributed by atoms with Crippen LogP contribution in [0.15, 0.2) is 78.9 Å². The average molecular weight is 481 g/mol. The van der Waals surface area contributed by atoms with Gasteiger partial charge in [0, 0.05) is 11.6 Å². The number of carbonyl (C=O) groups is 3. The number of hydrogen-bond donors (Lipinski definition) is 3. The van der Waals surface area contributed by atoms with Gasteiger partial charge in [-0.2, -0.15) is 0 Å². The lowest BCUT2D eigenvalue weighted by molar-refractivity contribution is -0.124. The molecule has 3 aromatic carbocycles. The van der Waals surface area contributed by atoms with E-state index in [0.717, 1.165) is 5.56 Å². The Morgan fingerprint density at radius 2 is 1.53 bits per heavy atom. The highest BCUT2D eigenvalue weighted by molar-refractivity contribution is 6.30. The van der Waals surface area contributed by atoms with E-state index < -0.39 is 11.8 Å². The third-order valence-corrected chi connectivity index (χ3v) is 4.92. The van der Waals surface area contributed by atoms with E-state index in [2.05, 4.69) is 10.6 Å². The predicted octanol–water partition coefficient (Wildman–Crippen LogP) is 2.86. The SMILES string of the molecule is NC(=O)CNC(=O)CN(CC(=O)NCc1cccc(Cl)c1)c1ccccc1Oc1ccccc1. The maximum atomic E-state index is 12.8. The van der Waals surface area contributed by atoms with Gasteiger partial charge in [-0.3, -0.25) is 14.4 Å². The number of benzene rings is 3. The summed E-state index contributed by atoms with van der Waals surface area (Å²) in [4.78, 5) is 37.8. The molecule has 0 aromatic heterocycles. The largest absolute Gasteiger partial charge is 0.455 e. The van der Waals surface area contributed by atoms with Gasteiger partial charge in [0.25, 0.3) is 0 Å². The Hall–Kier alpha value is -4.04. The second-order valence-corrected chi connectivity index (χ2v) is 7.83. The molecule has 0 spiro atoms. The summed E-state index contributed by atoms with van der Waals surface area (Å²) in [6, 6.07) is 23.4. The van der Waals surface area contributed by atoms with Crippen LogP contribution in [0.2, 0.25) is 5.02 Å². The number of para-hydroxylation sites is 3. The topological polar surface area (TPSA) is 114 Å². The van der Waals surface area contributed by atoms with Crippen molar-refractivity contribution in [2.45, 2.75) is 6.54 Å². The fourth-order valence-corrected chi connectivity index (χ4v) is 3.35. The smallest absolute Gasteiger partial charge is 0.239 e. The summed E-state index contributed by atoms with van der Waals surface area (Å²) in [6.45, 7) is -0.328. The van der Waals surface area contributed by atoms with E-state index in [9.17, 15) is 14.4 Å². The van der Waals surface area contributed by atoms with Crippen LogP contribution in [-0.2, 0) is 20.9 Å². The van der Waals surface area contributed by atoms with Crippen LogP contribution in [0.1, 0.15) is 5.56 Å². The summed E-state index contributed by atoms with van der Waals surface area (Å²) >= 11 is 6.01. The zero-order chi connectivity index (χ0) is 24.3. The van der Waals surface area contributed by atoms with Gasteiger partial charge < -0.3 is 26.0 Å². The Kier molecular flexibility index (Phi) is 8.88. The molecule has 176 valence electrons. The molecule has 0 heterocycles. The molecular weight excluding hydrogens is 456 g/mol. The summed E-state index contributed by atoms with van der Waals surface area (Å²) in [7, 11) is 0. The Morgan fingerprint density at radius 1 is 0.853 bits per heavy atom. The highest BCUT2D eigenvalue weighted by atomic mass is 35.5. The van der Waals surface area contributed by atoms with Gasteiger partial charge in [0.2, 0.25) is 17.7 Å². The van der Waals surface area contributed by atoms with Gasteiger partial charge >= 0.3 is 0 Å². The van der Waals surface area contributed by atoms with Crippen LogP contribution in [0.4, 0.5) is 5.69 Å². The first kappa shape index (κ1) is 24.6. The third kappa shape index (κ3) is 7.83. The lowest BCUT2D eigenvalue weighted by Crippen LogP contribution is -2.44. The van der Waals surface area contributed by atoms with Gasteiger partial charge in [-0.25, -0.2) is 0 Å². The Balaban J connectivity index is 1.77. The predicted molar refractivity (Wildman–Crippen MR) is 131 cm³/mol. The molecule has 0 unspecified atom stereocenters. The summed E-state index contributed by atoms with van der Waals surface area (Å²) in [5, 5.41) is 5.86. The minimum atomic E-state index is -0.660. The number of rotatable bonds is 11.